The summed E-state index contributed by atoms with van der Waals surface area (Å²) in [5.41, 5.74) is 1.76. The lowest BCUT2D eigenvalue weighted by molar-refractivity contribution is -0.143. The number of carbonyl (C=O) groups is 3. The van der Waals surface area contributed by atoms with Crippen LogP contribution in [0.2, 0.25) is 0 Å². The maximum absolute atomic E-state index is 14.5. The summed E-state index contributed by atoms with van der Waals surface area (Å²) in [7, 11) is 1.60. The van der Waals surface area contributed by atoms with E-state index in [2.05, 4.69) is 6.08 Å². The van der Waals surface area contributed by atoms with Gasteiger partial charge in [0.2, 0.25) is 11.8 Å². The number of ether oxygens (including phenoxy) is 1. The summed E-state index contributed by atoms with van der Waals surface area (Å²) in [6, 6.07) is 16.5. The molecule has 0 saturated carbocycles. The molecule has 1 unspecified atom stereocenters. The maximum atomic E-state index is 14.5. The van der Waals surface area contributed by atoms with Gasteiger partial charge < -0.3 is 24.5 Å². The third kappa shape index (κ3) is 4.75. The summed E-state index contributed by atoms with van der Waals surface area (Å²) >= 11 is 1.59. The van der Waals surface area contributed by atoms with E-state index in [4.69, 9.17) is 4.74 Å². The van der Waals surface area contributed by atoms with Crippen LogP contribution >= 0.6 is 11.8 Å². The fourth-order valence-corrected chi connectivity index (χ4v) is 8.77. The van der Waals surface area contributed by atoms with Crippen LogP contribution in [0.1, 0.15) is 18.4 Å². The van der Waals surface area contributed by atoms with Crippen LogP contribution in [0, 0.1) is 11.8 Å². The average molecular weight is 574 g/mol. The highest BCUT2D eigenvalue weighted by molar-refractivity contribution is 8.02. The Hall–Kier alpha value is -3.56. The summed E-state index contributed by atoms with van der Waals surface area (Å²) in [5, 5.41) is 9.23. The highest BCUT2D eigenvalue weighted by atomic mass is 32.2. The number of likely N-dealkylation sites (tertiary alicyclic amines) is 1. The number of nitrogens with zero attached hydrogens (tertiary/aromatic N) is 3. The van der Waals surface area contributed by atoms with Gasteiger partial charge in [0.25, 0.3) is 5.91 Å². The lowest BCUT2D eigenvalue weighted by Crippen LogP contribution is -2.53. The van der Waals surface area contributed by atoms with Crippen LogP contribution in [0.15, 0.2) is 78.9 Å². The number of rotatable bonds is 8. The summed E-state index contributed by atoms with van der Waals surface area (Å²) in [5.74, 6) is -0.861. The zero-order valence-electron chi connectivity index (χ0n) is 23.1. The van der Waals surface area contributed by atoms with Crippen LogP contribution in [0.5, 0.6) is 5.75 Å². The topological polar surface area (TPSA) is 90.4 Å². The second-order valence-electron chi connectivity index (χ2n) is 11.0. The minimum absolute atomic E-state index is 0.0181. The normalized spacial score (nSPS) is 28.8. The summed E-state index contributed by atoms with van der Waals surface area (Å²) in [6.07, 6.45) is 9.22. The quantitative estimate of drug-likeness (QED) is 0.385. The van der Waals surface area contributed by atoms with E-state index in [1.807, 2.05) is 77.7 Å². The molecule has 214 valence electrons. The van der Waals surface area contributed by atoms with Crippen LogP contribution in [0.4, 0.5) is 5.69 Å². The molecule has 2 fully saturated rings. The van der Waals surface area contributed by atoms with Gasteiger partial charge in [0.05, 0.1) is 23.7 Å². The molecule has 0 radical (unpaired) electrons. The molecule has 2 aromatic carbocycles. The fraction of sp³-hybridized carbons (Fsp3) is 0.406. The number of thioether (sulfide) groups is 1. The Balaban J connectivity index is 1.37. The highest BCUT2D eigenvalue weighted by Crippen LogP contribution is 2.61. The number of aliphatic hydroxyl groups excluding tert-OH is 1. The number of benzene rings is 2. The number of hydrogen-bond acceptors (Lipinski definition) is 6. The molecule has 4 aliphatic heterocycles. The number of aliphatic hydroxyl groups is 1. The van der Waals surface area contributed by atoms with Gasteiger partial charge in [-0.3, -0.25) is 14.4 Å². The van der Waals surface area contributed by atoms with Crippen molar-refractivity contribution in [1.82, 2.24) is 9.80 Å². The molecule has 2 aromatic rings. The lowest BCUT2D eigenvalue weighted by Gasteiger charge is -2.35. The smallest absolute Gasteiger partial charge is 0.251 e. The highest BCUT2D eigenvalue weighted by Gasteiger charge is 2.70. The van der Waals surface area contributed by atoms with Gasteiger partial charge in [-0.25, -0.2) is 0 Å². The van der Waals surface area contributed by atoms with E-state index in [9.17, 15) is 19.5 Å². The first-order valence-corrected chi connectivity index (χ1v) is 15.1. The monoisotopic (exact) mass is 573 g/mol. The van der Waals surface area contributed by atoms with E-state index in [0.717, 1.165) is 11.3 Å². The second-order valence-corrected chi connectivity index (χ2v) is 12.5. The molecule has 41 heavy (non-hydrogen) atoms. The molecule has 1 spiro atoms. The molecule has 0 aromatic heterocycles. The Labute approximate surface area is 244 Å². The Morgan fingerprint density at radius 2 is 1.73 bits per heavy atom. The molecule has 3 amide bonds. The largest absolute Gasteiger partial charge is 0.497 e. The van der Waals surface area contributed by atoms with Gasteiger partial charge in [-0.05, 0) is 42.7 Å². The number of methoxy groups -OCH3 is 1. The minimum atomic E-state index is -0.861. The molecule has 0 bridgehead atoms. The SMILES string of the molecule is COc1ccc(N2CC=C[C@]34S[C@@H]5C=CCN(Cc6ccccc6)C(=O)[C@@H]5[C@H]3C(=O)N(CCCCO)C4C2=O)cc1. The second kappa shape index (κ2) is 11.4. The van der Waals surface area contributed by atoms with Gasteiger partial charge in [-0.1, -0.05) is 54.6 Å². The fourth-order valence-electron chi connectivity index (χ4n) is 6.76. The summed E-state index contributed by atoms with van der Waals surface area (Å²) in [6.45, 7) is 1.70. The molecule has 1 N–H and O–H groups in total. The van der Waals surface area contributed by atoms with Crippen LogP contribution < -0.4 is 9.64 Å². The molecular formula is C32H35N3O5S. The molecule has 0 aliphatic carbocycles. The van der Waals surface area contributed by atoms with E-state index in [0.29, 0.717) is 44.8 Å². The molecule has 4 aliphatic rings. The van der Waals surface area contributed by atoms with E-state index in [-0.39, 0.29) is 29.6 Å². The van der Waals surface area contributed by atoms with E-state index in [1.165, 1.54) is 0 Å². The first kappa shape index (κ1) is 27.6. The van der Waals surface area contributed by atoms with Crippen molar-refractivity contribution >= 4 is 35.2 Å². The molecule has 5 atom stereocenters. The number of anilines is 1. The number of hydrogen-bond donors (Lipinski definition) is 1. The molecule has 9 heteroatoms. The Morgan fingerprint density at radius 1 is 0.951 bits per heavy atom. The van der Waals surface area contributed by atoms with E-state index >= 15 is 0 Å². The Kier molecular flexibility index (Phi) is 7.66. The molecule has 8 nitrogen and oxygen atoms in total. The number of carbonyl (C=O) groups excluding carboxylic acids is 3. The third-order valence-electron chi connectivity index (χ3n) is 8.65. The third-order valence-corrected chi connectivity index (χ3v) is 10.4. The number of amides is 3. The van der Waals surface area contributed by atoms with Crippen molar-refractivity contribution in [2.45, 2.75) is 35.4 Å². The van der Waals surface area contributed by atoms with Crippen LogP contribution in [0.25, 0.3) is 0 Å². The number of fused-ring (bicyclic) bond motifs is 2. The van der Waals surface area contributed by atoms with Gasteiger partial charge >= 0.3 is 0 Å². The average Bonchev–Trinajstić information content (AvgIpc) is 3.30. The van der Waals surface area contributed by atoms with Crippen molar-refractivity contribution in [1.29, 1.82) is 0 Å². The van der Waals surface area contributed by atoms with Crippen LogP contribution in [-0.2, 0) is 20.9 Å². The van der Waals surface area contributed by atoms with Crippen molar-refractivity contribution in [2.75, 3.05) is 38.3 Å². The van der Waals surface area contributed by atoms with Gasteiger partial charge in [0.15, 0.2) is 0 Å². The zero-order chi connectivity index (χ0) is 28.6. The van der Waals surface area contributed by atoms with Gasteiger partial charge in [-0.2, -0.15) is 0 Å². The number of unbranched alkanes of at least 4 members (excludes halogenated alkanes) is 1. The minimum Gasteiger partial charge on any atom is -0.497 e. The lowest BCUT2D eigenvalue weighted by atomic mass is 9.78. The van der Waals surface area contributed by atoms with Crippen molar-refractivity contribution in [3.63, 3.8) is 0 Å². The predicted molar refractivity (Wildman–Crippen MR) is 158 cm³/mol. The molecule has 2 saturated heterocycles. The van der Waals surface area contributed by atoms with Crippen molar-refractivity contribution in [2.24, 2.45) is 11.8 Å². The molecule has 4 heterocycles. The molecular weight excluding hydrogens is 538 g/mol. The molecule has 6 rings (SSSR count). The van der Waals surface area contributed by atoms with E-state index < -0.39 is 22.6 Å². The summed E-state index contributed by atoms with van der Waals surface area (Å²) in [4.78, 5) is 48.2. The van der Waals surface area contributed by atoms with Crippen molar-refractivity contribution in [3.8, 4) is 5.75 Å². The standard InChI is InChI=1S/C32H35N3O5S/c1-40-24-14-12-23(13-15-24)34-19-8-16-32-27(30(38)35(18-5-6-20-36)28(32)31(34)39)26-25(41-32)11-7-17-33(29(26)37)21-22-9-3-2-4-10-22/h2-4,7-16,25-28,36H,5-6,17-21H2,1H3/t25-,26+,27+,28?,32+/m1/s1. The van der Waals surface area contributed by atoms with E-state index in [1.54, 1.807) is 28.7 Å². The van der Waals surface area contributed by atoms with Crippen molar-refractivity contribution < 1.29 is 24.2 Å². The Morgan fingerprint density at radius 3 is 2.46 bits per heavy atom. The van der Waals surface area contributed by atoms with Crippen LogP contribution in [0.3, 0.4) is 0 Å². The predicted octanol–water partition coefficient (Wildman–Crippen LogP) is 3.27. The van der Waals surface area contributed by atoms with Crippen LogP contribution in [-0.4, -0.2) is 82.0 Å². The van der Waals surface area contributed by atoms with Gasteiger partial charge in [0.1, 0.15) is 11.8 Å². The first-order valence-electron chi connectivity index (χ1n) is 14.2. The first-order chi connectivity index (χ1) is 20.0. The van der Waals surface area contributed by atoms with Gasteiger partial charge in [-0.15, -0.1) is 11.8 Å². The maximum Gasteiger partial charge on any atom is 0.251 e. The zero-order valence-corrected chi connectivity index (χ0v) is 23.9. The van der Waals surface area contributed by atoms with Gasteiger partial charge in [0, 0.05) is 43.7 Å². The summed E-state index contributed by atoms with van der Waals surface area (Å²) < 4.78 is 4.44. The van der Waals surface area contributed by atoms with Crippen molar-refractivity contribution in [3.05, 3.63) is 84.5 Å². The Bertz CT molecular complexity index is 1360.